The van der Waals surface area contributed by atoms with Gasteiger partial charge in [0, 0.05) is 31.6 Å². The molecule has 3 atom stereocenters. The first-order valence-corrected chi connectivity index (χ1v) is 12.5. The molecule has 0 bridgehead atoms. The largest absolute Gasteiger partial charge is 0.485 e. The number of nitrogens with one attached hydrogen (secondary N) is 2. The van der Waals surface area contributed by atoms with Crippen LogP contribution in [-0.2, 0) is 4.79 Å². The number of urea groups is 1. The van der Waals surface area contributed by atoms with Gasteiger partial charge < -0.3 is 30.3 Å². The Morgan fingerprint density at radius 1 is 1.15 bits per heavy atom. The number of para-hydroxylation sites is 2. The van der Waals surface area contributed by atoms with E-state index in [0.29, 0.717) is 5.69 Å². The van der Waals surface area contributed by atoms with Gasteiger partial charge in [0.1, 0.15) is 6.10 Å². The molecule has 2 aromatic rings. The molecule has 4 amide bonds. The van der Waals surface area contributed by atoms with Crippen molar-refractivity contribution in [3.63, 3.8) is 0 Å². The number of ether oxygens (including phenoxy) is 1. The van der Waals surface area contributed by atoms with Crippen LogP contribution in [-0.4, -0.2) is 77.8 Å². The number of anilines is 2. The van der Waals surface area contributed by atoms with Crippen molar-refractivity contribution in [3.8, 4) is 5.75 Å². The summed E-state index contributed by atoms with van der Waals surface area (Å²) in [7, 11) is 1.58. The number of alkyl halides is 3. The van der Waals surface area contributed by atoms with Crippen LogP contribution in [0.2, 0.25) is 0 Å². The smallest absolute Gasteiger partial charge is 0.389 e. The van der Waals surface area contributed by atoms with E-state index in [0.717, 1.165) is 0 Å². The number of likely N-dealkylation sites (N-methyl/N-ethyl adjacent to an activating group) is 1. The lowest BCUT2D eigenvalue weighted by molar-refractivity contribution is -0.142. The van der Waals surface area contributed by atoms with E-state index in [9.17, 15) is 32.7 Å². The molecule has 9 nitrogen and oxygen atoms in total. The molecular formula is C27H33F3N4O5. The molecule has 3 rings (SSSR count). The highest BCUT2D eigenvalue weighted by Crippen LogP contribution is 2.35. The van der Waals surface area contributed by atoms with Gasteiger partial charge in [-0.25, -0.2) is 4.79 Å². The molecule has 1 aliphatic rings. The topological polar surface area (TPSA) is 111 Å². The van der Waals surface area contributed by atoms with Gasteiger partial charge in [-0.05, 0) is 31.2 Å². The van der Waals surface area contributed by atoms with E-state index < -0.39 is 49.0 Å². The number of hydrogen-bond donors (Lipinski definition) is 3. The Kier molecular flexibility index (Phi) is 9.79. The normalized spacial score (nSPS) is 18.2. The predicted molar refractivity (Wildman–Crippen MR) is 140 cm³/mol. The summed E-state index contributed by atoms with van der Waals surface area (Å²) in [6.07, 6.45) is -7.26. The summed E-state index contributed by atoms with van der Waals surface area (Å²) in [4.78, 5) is 41.5. The minimum atomic E-state index is -4.50. The van der Waals surface area contributed by atoms with Crippen LogP contribution >= 0.6 is 0 Å². The van der Waals surface area contributed by atoms with Gasteiger partial charge in [0.05, 0.1) is 36.9 Å². The van der Waals surface area contributed by atoms with E-state index in [4.69, 9.17) is 4.74 Å². The molecule has 39 heavy (non-hydrogen) atoms. The van der Waals surface area contributed by atoms with Crippen molar-refractivity contribution in [3.05, 3.63) is 54.1 Å². The number of aliphatic hydroxyl groups excluding tert-OH is 1. The second-order valence-corrected chi connectivity index (χ2v) is 9.65. The van der Waals surface area contributed by atoms with E-state index >= 15 is 0 Å². The maximum Gasteiger partial charge on any atom is 0.389 e. The highest BCUT2D eigenvalue weighted by Gasteiger charge is 2.35. The summed E-state index contributed by atoms with van der Waals surface area (Å²) in [6.45, 7) is 3.51. The molecule has 0 fully saturated rings. The van der Waals surface area contributed by atoms with Crippen molar-refractivity contribution in [2.24, 2.45) is 5.92 Å². The molecule has 212 valence electrons. The van der Waals surface area contributed by atoms with Crippen molar-refractivity contribution in [2.45, 2.75) is 45.0 Å². The van der Waals surface area contributed by atoms with Gasteiger partial charge >= 0.3 is 12.2 Å². The molecule has 0 aliphatic carbocycles. The Bertz CT molecular complexity index is 1160. The summed E-state index contributed by atoms with van der Waals surface area (Å²) in [5.41, 5.74) is 0.723. The monoisotopic (exact) mass is 550 g/mol. The molecule has 0 saturated carbocycles. The fraction of sp³-hybridized carbons (Fsp3) is 0.444. The van der Waals surface area contributed by atoms with E-state index in [2.05, 4.69) is 10.6 Å². The zero-order chi connectivity index (χ0) is 28.7. The van der Waals surface area contributed by atoms with E-state index in [1.165, 1.54) is 28.0 Å². The molecule has 0 radical (unpaired) electrons. The van der Waals surface area contributed by atoms with Gasteiger partial charge in [0.25, 0.3) is 5.91 Å². The third-order valence-electron chi connectivity index (χ3n) is 6.43. The predicted octanol–water partition coefficient (Wildman–Crippen LogP) is 4.35. The first-order valence-electron chi connectivity index (χ1n) is 12.5. The highest BCUT2D eigenvalue weighted by molar-refractivity contribution is 6.01. The third kappa shape index (κ3) is 8.09. The van der Waals surface area contributed by atoms with Crippen LogP contribution in [0.15, 0.2) is 48.5 Å². The molecule has 2 aromatic carbocycles. The van der Waals surface area contributed by atoms with Crippen molar-refractivity contribution >= 4 is 29.2 Å². The molecule has 0 spiro atoms. The standard InChI is InChI=1S/C27H33F3N4O5/c1-17-14-34(18(2)16-35)25(37)20-10-7-11-21(32-23(36)12-13-27(28,29)30)24(20)39-22(17)15-33(3)26(38)31-19-8-5-4-6-9-19/h4-11,17-18,22,35H,12-16H2,1-3H3,(H,31,38)(H,32,36)/t17-,18+,22+/m0/s1. The molecule has 1 heterocycles. The number of rotatable bonds is 8. The maximum absolute atomic E-state index is 13.5. The van der Waals surface area contributed by atoms with Crippen LogP contribution in [0.4, 0.5) is 29.3 Å². The molecular weight excluding hydrogens is 517 g/mol. The number of benzene rings is 2. The minimum Gasteiger partial charge on any atom is -0.485 e. The average Bonchev–Trinajstić information content (AvgIpc) is 2.89. The zero-order valence-corrected chi connectivity index (χ0v) is 22.0. The lowest BCUT2D eigenvalue weighted by Gasteiger charge is -2.38. The number of aliphatic hydroxyl groups is 1. The number of fused-ring (bicyclic) bond motifs is 1. The Hall–Kier alpha value is -3.80. The van der Waals surface area contributed by atoms with E-state index in [1.54, 1.807) is 38.2 Å². The summed E-state index contributed by atoms with van der Waals surface area (Å²) in [5, 5.41) is 15.0. The van der Waals surface area contributed by atoms with Crippen LogP contribution in [0.3, 0.4) is 0 Å². The van der Waals surface area contributed by atoms with Crippen molar-refractivity contribution in [1.82, 2.24) is 9.80 Å². The summed E-state index contributed by atoms with van der Waals surface area (Å²) < 4.78 is 44.2. The van der Waals surface area contributed by atoms with Gasteiger partial charge in [-0.3, -0.25) is 9.59 Å². The Labute approximate surface area is 224 Å². The molecule has 12 heteroatoms. The molecule has 0 saturated heterocycles. The van der Waals surface area contributed by atoms with E-state index in [-0.39, 0.29) is 42.6 Å². The number of halogens is 3. The number of nitrogens with zero attached hydrogens (tertiary/aromatic N) is 2. The lowest BCUT2D eigenvalue weighted by atomic mass is 9.99. The zero-order valence-electron chi connectivity index (χ0n) is 22.0. The lowest BCUT2D eigenvalue weighted by Crippen LogP contribution is -2.50. The van der Waals surface area contributed by atoms with E-state index in [1.807, 2.05) is 13.0 Å². The van der Waals surface area contributed by atoms with Gasteiger partial charge in [-0.15, -0.1) is 0 Å². The first kappa shape index (κ1) is 29.8. The Morgan fingerprint density at radius 2 is 1.85 bits per heavy atom. The number of amides is 4. The van der Waals surface area contributed by atoms with Crippen molar-refractivity contribution in [2.75, 3.05) is 37.4 Å². The maximum atomic E-state index is 13.5. The second kappa shape index (κ2) is 12.8. The van der Waals surface area contributed by atoms with Gasteiger partial charge in [-0.1, -0.05) is 31.2 Å². The first-order chi connectivity index (χ1) is 18.4. The quantitative estimate of drug-likeness (QED) is 0.453. The fourth-order valence-corrected chi connectivity index (χ4v) is 4.12. The van der Waals surface area contributed by atoms with Gasteiger partial charge in [0.15, 0.2) is 5.75 Å². The minimum absolute atomic E-state index is 0.00795. The van der Waals surface area contributed by atoms with Crippen molar-refractivity contribution < 1.29 is 37.4 Å². The number of carbonyl (C=O) groups is 3. The highest BCUT2D eigenvalue weighted by atomic mass is 19.4. The summed E-state index contributed by atoms with van der Waals surface area (Å²) >= 11 is 0. The Morgan fingerprint density at radius 3 is 2.49 bits per heavy atom. The van der Waals surface area contributed by atoms with Crippen LogP contribution in [0, 0.1) is 5.92 Å². The average molecular weight is 551 g/mol. The number of carbonyl (C=O) groups excluding carboxylic acids is 3. The molecule has 0 unspecified atom stereocenters. The second-order valence-electron chi connectivity index (χ2n) is 9.65. The SMILES string of the molecule is C[C@H](CO)N1C[C@H](C)[C@@H](CN(C)C(=O)Nc2ccccc2)Oc2c(NC(=O)CCC(F)(F)F)cccc2C1=O. The van der Waals surface area contributed by atoms with Crippen LogP contribution < -0.4 is 15.4 Å². The third-order valence-corrected chi connectivity index (χ3v) is 6.43. The van der Waals surface area contributed by atoms with Crippen molar-refractivity contribution in [1.29, 1.82) is 0 Å². The molecule has 1 aliphatic heterocycles. The Balaban J connectivity index is 1.91. The molecule has 0 aromatic heterocycles. The summed E-state index contributed by atoms with van der Waals surface area (Å²) in [5.74, 6) is -1.69. The van der Waals surface area contributed by atoms with Crippen LogP contribution in [0.5, 0.6) is 5.75 Å². The summed E-state index contributed by atoms with van der Waals surface area (Å²) in [6, 6.07) is 12.3. The van der Waals surface area contributed by atoms with Crippen LogP contribution in [0.1, 0.15) is 37.0 Å². The van der Waals surface area contributed by atoms with Gasteiger partial charge in [0.2, 0.25) is 5.91 Å². The number of hydrogen-bond acceptors (Lipinski definition) is 5. The van der Waals surface area contributed by atoms with Crippen LogP contribution in [0.25, 0.3) is 0 Å². The fourth-order valence-electron chi connectivity index (χ4n) is 4.12. The molecule has 3 N–H and O–H groups in total. The van der Waals surface area contributed by atoms with Gasteiger partial charge in [-0.2, -0.15) is 13.2 Å².